The van der Waals surface area contributed by atoms with E-state index in [0.717, 1.165) is 32.1 Å². The number of rotatable bonds is 0. The lowest BCUT2D eigenvalue weighted by atomic mass is 9.95. The molecule has 0 spiro atoms. The van der Waals surface area contributed by atoms with E-state index in [1.165, 1.54) is 33.4 Å². The second-order valence-corrected chi connectivity index (χ2v) is 6.64. The van der Waals surface area contributed by atoms with Crippen molar-refractivity contribution in [1.82, 2.24) is 0 Å². The van der Waals surface area contributed by atoms with Gasteiger partial charge in [-0.25, -0.2) is 0 Å². The van der Waals surface area contributed by atoms with Crippen molar-refractivity contribution in [2.24, 2.45) is 0 Å². The van der Waals surface area contributed by atoms with Gasteiger partial charge in [-0.15, -0.1) is 0 Å². The minimum atomic E-state index is 1.03. The lowest BCUT2D eigenvalue weighted by Gasteiger charge is -2.11. The molecular weight excluding hydrogens is 276 g/mol. The Bertz CT molecular complexity index is 749. The van der Waals surface area contributed by atoms with E-state index in [9.17, 15) is 0 Å². The third-order valence-electron chi connectivity index (χ3n) is 4.79. The van der Waals surface area contributed by atoms with Gasteiger partial charge in [-0.1, -0.05) is 72.8 Å². The Morgan fingerprint density at radius 2 is 0.696 bits per heavy atom. The number of aryl methyl sites for hydroxylation is 4. The van der Waals surface area contributed by atoms with Gasteiger partial charge in [0.05, 0.1) is 0 Å². The molecule has 0 fully saturated rings. The highest BCUT2D eigenvalue weighted by Crippen LogP contribution is 2.18. The van der Waals surface area contributed by atoms with Crippen molar-refractivity contribution >= 4 is 0 Å². The molecule has 6 bridgehead atoms. The summed E-state index contributed by atoms with van der Waals surface area (Å²) >= 11 is 0. The summed E-state index contributed by atoms with van der Waals surface area (Å²) in [6.07, 6.45) is 5.53. The van der Waals surface area contributed by atoms with Crippen molar-refractivity contribution in [2.45, 2.75) is 32.1 Å². The topological polar surface area (TPSA) is 0 Å². The van der Waals surface area contributed by atoms with Crippen LogP contribution < -0.4 is 0 Å². The summed E-state index contributed by atoms with van der Waals surface area (Å²) in [7, 11) is 0. The quantitative estimate of drug-likeness (QED) is 0.537. The Balaban J connectivity index is 1.74. The first-order chi connectivity index (χ1) is 11.3. The molecule has 0 radical (unpaired) electrons. The Kier molecular flexibility index (Phi) is 3.98. The van der Waals surface area contributed by atoms with Crippen LogP contribution in [0.3, 0.4) is 0 Å². The van der Waals surface area contributed by atoms with Crippen LogP contribution in [0.2, 0.25) is 0 Å². The fourth-order valence-corrected chi connectivity index (χ4v) is 3.54. The molecule has 0 saturated heterocycles. The molecular formula is C23H22. The number of hydrogen-bond acceptors (Lipinski definition) is 0. The van der Waals surface area contributed by atoms with Crippen LogP contribution in [0.1, 0.15) is 33.4 Å². The van der Waals surface area contributed by atoms with Crippen LogP contribution >= 0.6 is 0 Å². The van der Waals surface area contributed by atoms with Gasteiger partial charge in [-0.2, -0.15) is 0 Å². The van der Waals surface area contributed by atoms with Crippen LogP contribution in [0.5, 0.6) is 0 Å². The predicted molar refractivity (Wildman–Crippen MR) is 96.9 cm³/mol. The molecule has 0 nitrogen and oxygen atoms in total. The highest BCUT2D eigenvalue weighted by atomic mass is 14.1. The van der Waals surface area contributed by atoms with E-state index in [1.54, 1.807) is 0 Å². The van der Waals surface area contributed by atoms with Gasteiger partial charge in [0.15, 0.2) is 0 Å². The normalized spacial score (nSPS) is 14.1. The van der Waals surface area contributed by atoms with Crippen LogP contribution in [-0.2, 0) is 32.1 Å². The lowest BCUT2D eigenvalue weighted by molar-refractivity contribution is 0.923. The van der Waals surface area contributed by atoms with Crippen molar-refractivity contribution in [3.05, 3.63) is 106 Å². The molecule has 23 heavy (non-hydrogen) atoms. The number of hydrogen-bond donors (Lipinski definition) is 0. The van der Waals surface area contributed by atoms with Gasteiger partial charge in [0, 0.05) is 0 Å². The standard InChI is InChI=1S/C23H22/c1-4-18-10-12-20-6-2-8-22(15-20)17-23-9-3-7-21(16-23)13-11-19(5-1)14-18/h1-9,14-16H,10-13,17H2. The molecule has 1 aliphatic carbocycles. The van der Waals surface area contributed by atoms with Gasteiger partial charge in [-0.3, -0.25) is 0 Å². The van der Waals surface area contributed by atoms with Crippen molar-refractivity contribution in [3.8, 4) is 0 Å². The molecule has 0 aliphatic heterocycles. The summed E-state index contributed by atoms with van der Waals surface area (Å²) < 4.78 is 0. The maximum atomic E-state index is 2.39. The fraction of sp³-hybridized carbons (Fsp3) is 0.217. The SMILES string of the molecule is c1cc2cc(c1)CCc1cccc(c1)Cc1cccc(c1)CC2. The van der Waals surface area contributed by atoms with E-state index in [-0.39, 0.29) is 0 Å². The molecule has 0 atom stereocenters. The Hall–Kier alpha value is -2.34. The summed E-state index contributed by atoms with van der Waals surface area (Å²) in [5, 5.41) is 0. The first-order valence-electron chi connectivity index (χ1n) is 8.59. The van der Waals surface area contributed by atoms with E-state index in [0.29, 0.717) is 0 Å². The number of benzene rings is 3. The lowest BCUT2D eigenvalue weighted by Crippen LogP contribution is -1.98. The van der Waals surface area contributed by atoms with Crippen LogP contribution in [-0.4, -0.2) is 0 Å². The van der Waals surface area contributed by atoms with Crippen LogP contribution in [0.4, 0.5) is 0 Å². The van der Waals surface area contributed by atoms with Gasteiger partial charge in [0.2, 0.25) is 0 Å². The zero-order valence-corrected chi connectivity index (χ0v) is 13.5. The summed E-state index contributed by atoms with van der Waals surface area (Å²) in [6, 6.07) is 27.3. The van der Waals surface area contributed by atoms with Crippen LogP contribution in [0, 0.1) is 0 Å². The van der Waals surface area contributed by atoms with Gasteiger partial charge < -0.3 is 0 Å². The maximum Gasteiger partial charge on any atom is -0.00256 e. The maximum absolute atomic E-state index is 2.39. The van der Waals surface area contributed by atoms with Crippen molar-refractivity contribution in [1.29, 1.82) is 0 Å². The van der Waals surface area contributed by atoms with Crippen LogP contribution in [0.15, 0.2) is 72.8 Å². The largest absolute Gasteiger partial charge is 0.0617 e. The average Bonchev–Trinajstić information content (AvgIpc) is 2.59. The third-order valence-corrected chi connectivity index (χ3v) is 4.79. The minimum Gasteiger partial charge on any atom is -0.0617 e. The van der Waals surface area contributed by atoms with Crippen molar-refractivity contribution in [3.63, 3.8) is 0 Å². The second kappa shape index (κ2) is 6.42. The molecule has 0 amide bonds. The summed E-state index contributed by atoms with van der Waals surface area (Å²) in [6.45, 7) is 0. The summed E-state index contributed by atoms with van der Waals surface area (Å²) in [5.41, 5.74) is 8.65. The van der Waals surface area contributed by atoms with Crippen LogP contribution in [0.25, 0.3) is 0 Å². The predicted octanol–water partition coefficient (Wildman–Crippen LogP) is 5.16. The first-order valence-corrected chi connectivity index (χ1v) is 8.59. The average molecular weight is 298 g/mol. The molecule has 0 unspecified atom stereocenters. The third kappa shape index (κ3) is 3.53. The van der Waals surface area contributed by atoms with E-state index in [4.69, 9.17) is 0 Å². The molecule has 114 valence electrons. The van der Waals surface area contributed by atoms with Gasteiger partial charge in [0.1, 0.15) is 0 Å². The second-order valence-electron chi connectivity index (χ2n) is 6.64. The molecule has 0 heteroatoms. The van der Waals surface area contributed by atoms with Crippen molar-refractivity contribution in [2.75, 3.05) is 0 Å². The molecule has 1 aliphatic rings. The summed E-state index contributed by atoms with van der Waals surface area (Å²) in [5.74, 6) is 0. The van der Waals surface area contributed by atoms with Gasteiger partial charge in [0.25, 0.3) is 0 Å². The molecule has 0 N–H and O–H groups in total. The zero-order valence-electron chi connectivity index (χ0n) is 13.5. The first kappa shape index (κ1) is 14.3. The van der Waals surface area contributed by atoms with E-state index in [2.05, 4.69) is 72.8 Å². The molecule has 3 aromatic carbocycles. The Labute approximate surface area is 138 Å². The highest BCUT2D eigenvalue weighted by molar-refractivity contribution is 5.34. The monoisotopic (exact) mass is 298 g/mol. The zero-order chi connectivity index (χ0) is 15.5. The van der Waals surface area contributed by atoms with E-state index < -0.39 is 0 Å². The fourth-order valence-electron chi connectivity index (χ4n) is 3.54. The molecule has 3 aromatic rings. The molecule has 0 heterocycles. The molecule has 4 rings (SSSR count). The highest BCUT2D eigenvalue weighted by Gasteiger charge is 2.04. The van der Waals surface area contributed by atoms with Gasteiger partial charge >= 0.3 is 0 Å². The Morgan fingerprint density at radius 3 is 1.09 bits per heavy atom. The van der Waals surface area contributed by atoms with Crippen molar-refractivity contribution < 1.29 is 0 Å². The molecule has 0 aromatic heterocycles. The van der Waals surface area contributed by atoms with E-state index in [1.807, 2.05) is 0 Å². The summed E-state index contributed by atoms with van der Waals surface area (Å²) in [4.78, 5) is 0. The van der Waals surface area contributed by atoms with Gasteiger partial charge in [-0.05, 0) is 65.5 Å². The smallest absolute Gasteiger partial charge is 0.00256 e. The Morgan fingerprint density at radius 1 is 0.391 bits per heavy atom. The van der Waals surface area contributed by atoms with E-state index >= 15 is 0 Å². The minimum absolute atomic E-state index is 1.03. The molecule has 0 saturated carbocycles. The number of fused-ring (bicyclic) bond motifs is 6.